The number of ether oxygens (including phenoxy) is 1. The Kier molecular flexibility index (Phi) is 6.24. The molecule has 0 saturated carbocycles. The lowest BCUT2D eigenvalue weighted by Gasteiger charge is -2.09. The predicted octanol–water partition coefficient (Wildman–Crippen LogP) is 5.04. The Hall–Kier alpha value is -3.67. The zero-order valence-electron chi connectivity index (χ0n) is 16.2. The summed E-state index contributed by atoms with van der Waals surface area (Å²) in [6.45, 7) is 4.09. The molecule has 0 atom stereocenters. The molecule has 3 aromatic carbocycles. The van der Waals surface area contributed by atoms with E-state index in [0.717, 1.165) is 5.75 Å². The molecule has 0 spiro atoms. The third-order valence-electron chi connectivity index (χ3n) is 4.25. The number of aryl methyl sites for hydroxylation is 1. The molecule has 0 aliphatic rings. The molecule has 0 unspecified atom stereocenters. The highest BCUT2D eigenvalue weighted by Crippen LogP contribution is 2.18. The van der Waals surface area contributed by atoms with Crippen LogP contribution >= 0.6 is 0 Å². The molecular formula is C23H21FN2O3. The highest BCUT2D eigenvalue weighted by Gasteiger charge is 2.10. The number of hydrogen-bond donors (Lipinski definition) is 2. The topological polar surface area (TPSA) is 67.4 Å². The van der Waals surface area contributed by atoms with E-state index in [4.69, 9.17) is 4.74 Å². The molecule has 5 nitrogen and oxygen atoms in total. The summed E-state index contributed by atoms with van der Waals surface area (Å²) in [6.07, 6.45) is 0. The smallest absolute Gasteiger partial charge is 0.255 e. The number of benzene rings is 3. The van der Waals surface area contributed by atoms with E-state index >= 15 is 0 Å². The van der Waals surface area contributed by atoms with Gasteiger partial charge >= 0.3 is 0 Å². The average Bonchev–Trinajstić information content (AvgIpc) is 2.72. The van der Waals surface area contributed by atoms with E-state index in [1.807, 2.05) is 6.92 Å². The lowest BCUT2D eigenvalue weighted by atomic mass is 10.1. The lowest BCUT2D eigenvalue weighted by molar-refractivity contribution is 0.102. The van der Waals surface area contributed by atoms with E-state index in [2.05, 4.69) is 10.6 Å². The van der Waals surface area contributed by atoms with Gasteiger partial charge in [0.15, 0.2) is 0 Å². The van der Waals surface area contributed by atoms with Crippen molar-refractivity contribution in [1.29, 1.82) is 0 Å². The predicted molar refractivity (Wildman–Crippen MR) is 111 cm³/mol. The average molecular weight is 392 g/mol. The Morgan fingerprint density at radius 2 is 1.34 bits per heavy atom. The Balaban J connectivity index is 1.62. The molecule has 0 bridgehead atoms. The first-order chi connectivity index (χ1) is 14.0. The third-order valence-corrected chi connectivity index (χ3v) is 4.25. The number of carbonyl (C=O) groups is 2. The molecule has 29 heavy (non-hydrogen) atoms. The molecule has 0 heterocycles. The second kappa shape index (κ2) is 9.01. The maximum absolute atomic E-state index is 13.3. The fourth-order valence-corrected chi connectivity index (χ4v) is 2.70. The van der Waals surface area contributed by atoms with Gasteiger partial charge in [-0.1, -0.05) is 0 Å². The normalized spacial score (nSPS) is 10.3. The van der Waals surface area contributed by atoms with Gasteiger partial charge in [-0.2, -0.15) is 0 Å². The van der Waals surface area contributed by atoms with E-state index in [-0.39, 0.29) is 17.6 Å². The number of halogens is 1. The summed E-state index contributed by atoms with van der Waals surface area (Å²) in [5.74, 6) is -0.229. The van der Waals surface area contributed by atoms with Crippen LogP contribution in [-0.4, -0.2) is 18.4 Å². The summed E-state index contributed by atoms with van der Waals surface area (Å²) in [7, 11) is 0. The Bertz CT molecular complexity index is 1020. The second-order valence-corrected chi connectivity index (χ2v) is 6.41. The van der Waals surface area contributed by atoms with Crippen LogP contribution in [0.4, 0.5) is 15.8 Å². The fraction of sp³-hybridized carbons (Fsp3) is 0.130. The van der Waals surface area contributed by atoms with Crippen molar-refractivity contribution in [2.24, 2.45) is 0 Å². The summed E-state index contributed by atoms with van der Waals surface area (Å²) in [6, 6.07) is 17.8. The summed E-state index contributed by atoms with van der Waals surface area (Å²) in [5, 5.41) is 5.54. The molecule has 0 aromatic heterocycles. The van der Waals surface area contributed by atoms with Gasteiger partial charge in [-0.15, -0.1) is 0 Å². The molecule has 0 saturated heterocycles. The van der Waals surface area contributed by atoms with E-state index in [1.54, 1.807) is 55.5 Å². The molecule has 0 fully saturated rings. The van der Waals surface area contributed by atoms with Crippen molar-refractivity contribution in [2.75, 3.05) is 17.2 Å². The van der Waals surface area contributed by atoms with Crippen LogP contribution in [-0.2, 0) is 0 Å². The highest BCUT2D eigenvalue weighted by molar-refractivity contribution is 6.06. The van der Waals surface area contributed by atoms with E-state index in [0.29, 0.717) is 34.7 Å². The first-order valence-electron chi connectivity index (χ1n) is 9.18. The van der Waals surface area contributed by atoms with Crippen LogP contribution in [0.1, 0.15) is 33.2 Å². The van der Waals surface area contributed by atoms with Crippen LogP contribution in [0, 0.1) is 12.7 Å². The van der Waals surface area contributed by atoms with Crippen molar-refractivity contribution in [2.45, 2.75) is 13.8 Å². The van der Waals surface area contributed by atoms with Crippen LogP contribution in [0.15, 0.2) is 66.7 Å². The summed E-state index contributed by atoms with van der Waals surface area (Å²) < 4.78 is 18.7. The second-order valence-electron chi connectivity index (χ2n) is 6.41. The zero-order chi connectivity index (χ0) is 20.8. The van der Waals surface area contributed by atoms with Crippen molar-refractivity contribution in [1.82, 2.24) is 0 Å². The quantitative estimate of drug-likeness (QED) is 0.618. The van der Waals surface area contributed by atoms with E-state index in [9.17, 15) is 14.0 Å². The van der Waals surface area contributed by atoms with Gasteiger partial charge in [0, 0.05) is 22.5 Å². The SMILES string of the molecule is CCOc1ccc(NC(=O)c2ccc(NC(=O)c3ccc(F)c(C)c3)cc2)cc1. The number of rotatable bonds is 6. The maximum atomic E-state index is 13.3. The monoisotopic (exact) mass is 392 g/mol. The molecule has 0 aliphatic heterocycles. The Morgan fingerprint density at radius 1 is 0.828 bits per heavy atom. The summed E-state index contributed by atoms with van der Waals surface area (Å²) >= 11 is 0. The molecule has 2 N–H and O–H groups in total. The standard InChI is InChI=1S/C23H21FN2O3/c1-3-29-20-11-9-19(10-12-20)25-22(27)16-4-7-18(8-5-16)26-23(28)17-6-13-21(24)15(2)14-17/h4-14H,3H2,1-2H3,(H,25,27)(H,26,28). The lowest BCUT2D eigenvalue weighted by Crippen LogP contribution is -2.14. The van der Waals surface area contributed by atoms with Crippen molar-refractivity contribution < 1.29 is 18.7 Å². The van der Waals surface area contributed by atoms with Gasteiger partial charge < -0.3 is 15.4 Å². The Morgan fingerprint density at radius 3 is 1.90 bits per heavy atom. The first-order valence-corrected chi connectivity index (χ1v) is 9.18. The van der Waals surface area contributed by atoms with Gasteiger partial charge in [0.1, 0.15) is 11.6 Å². The van der Waals surface area contributed by atoms with Gasteiger partial charge in [0.05, 0.1) is 6.61 Å². The minimum atomic E-state index is -0.357. The molecule has 148 valence electrons. The van der Waals surface area contributed by atoms with E-state index < -0.39 is 0 Å². The first kappa shape index (κ1) is 20.1. The van der Waals surface area contributed by atoms with Gasteiger partial charge in [0.2, 0.25) is 0 Å². The zero-order valence-corrected chi connectivity index (χ0v) is 16.2. The largest absolute Gasteiger partial charge is 0.494 e. The number of nitrogens with one attached hydrogen (secondary N) is 2. The van der Waals surface area contributed by atoms with Crippen LogP contribution < -0.4 is 15.4 Å². The molecule has 3 rings (SSSR count). The van der Waals surface area contributed by atoms with Crippen LogP contribution in [0.3, 0.4) is 0 Å². The number of hydrogen-bond acceptors (Lipinski definition) is 3. The minimum absolute atomic E-state index is 0.263. The van der Waals surface area contributed by atoms with Gasteiger partial charge in [-0.05, 0) is 86.1 Å². The molecule has 0 radical (unpaired) electrons. The molecule has 2 amide bonds. The summed E-state index contributed by atoms with van der Waals surface area (Å²) in [5.41, 5.74) is 2.41. The molecular weight excluding hydrogens is 371 g/mol. The molecule has 0 aliphatic carbocycles. The van der Waals surface area contributed by atoms with Gasteiger partial charge in [-0.25, -0.2) is 4.39 Å². The number of carbonyl (C=O) groups excluding carboxylic acids is 2. The van der Waals surface area contributed by atoms with Crippen molar-refractivity contribution in [3.05, 3.63) is 89.2 Å². The van der Waals surface area contributed by atoms with Crippen LogP contribution in [0.2, 0.25) is 0 Å². The fourth-order valence-electron chi connectivity index (χ4n) is 2.70. The van der Waals surface area contributed by atoms with Crippen molar-refractivity contribution in [3.8, 4) is 5.75 Å². The van der Waals surface area contributed by atoms with Crippen LogP contribution in [0.25, 0.3) is 0 Å². The van der Waals surface area contributed by atoms with Gasteiger partial charge in [0.25, 0.3) is 11.8 Å². The summed E-state index contributed by atoms with van der Waals surface area (Å²) in [4.78, 5) is 24.7. The minimum Gasteiger partial charge on any atom is -0.494 e. The maximum Gasteiger partial charge on any atom is 0.255 e. The third kappa shape index (κ3) is 5.19. The van der Waals surface area contributed by atoms with Gasteiger partial charge in [-0.3, -0.25) is 9.59 Å². The van der Waals surface area contributed by atoms with Crippen molar-refractivity contribution in [3.63, 3.8) is 0 Å². The Labute approximate surface area is 168 Å². The molecule has 6 heteroatoms. The van der Waals surface area contributed by atoms with E-state index in [1.165, 1.54) is 18.2 Å². The molecule has 3 aromatic rings. The van der Waals surface area contributed by atoms with Crippen LogP contribution in [0.5, 0.6) is 5.75 Å². The highest BCUT2D eigenvalue weighted by atomic mass is 19.1. The number of amides is 2. The van der Waals surface area contributed by atoms with Crippen molar-refractivity contribution >= 4 is 23.2 Å². The number of anilines is 2.